The van der Waals surface area contributed by atoms with Crippen LogP contribution in [0, 0.1) is 11.8 Å². The van der Waals surface area contributed by atoms with Gasteiger partial charge in [0.2, 0.25) is 0 Å². The molecule has 1 heterocycles. The number of nitrogens with zero attached hydrogens (tertiary/aromatic N) is 3. The van der Waals surface area contributed by atoms with Gasteiger partial charge in [-0.15, -0.1) is 0 Å². The molecule has 1 amide bonds. The van der Waals surface area contributed by atoms with Crippen LogP contribution in [-0.2, 0) is 7.05 Å². The molecule has 17 heavy (non-hydrogen) atoms. The molecule has 1 aromatic rings. The lowest BCUT2D eigenvalue weighted by Gasteiger charge is -2.28. The molecule has 3 rings (SSSR count). The van der Waals surface area contributed by atoms with Gasteiger partial charge in [-0.25, -0.2) is 0 Å². The number of hydrogen-bond acceptors (Lipinski definition) is 2. The summed E-state index contributed by atoms with van der Waals surface area (Å²) in [6.07, 6.45) is 6.87. The third-order valence-corrected chi connectivity index (χ3v) is 4.02. The fourth-order valence-corrected chi connectivity index (χ4v) is 2.79. The number of aryl methyl sites for hydroxylation is 1. The normalized spacial score (nSPS) is 19.7. The van der Waals surface area contributed by atoms with Crippen molar-refractivity contribution in [1.29, 1.82) is 0 Å². The summed E-state index contributed by atoms with van der Waals surface area (Å²) < 4.78 is 1.66. The Morgan fingerprint density at radius 2 is 2.00 bits per heavy atom. The van der Waals surface area contributed by atoms with Crippen LogP contribution >= 0.6 is 0 Å². The standard InChI is InChI=1S/C13H19N3O/c1-15(12(9-3-4-9)10-5-6-10)13(17)11-7-8-14-16(11)2/h7-10,12H,3-6H2,1-2H3. The van der Waals surface area contributed by atoms with Gasteiger partial charge in [0, 0.05) is 26.3 Å². The lowest BCUT2D eigenvalue weighted by molar-refractivity contribution is 0.0678. The van der Waals surface area contributed by atoms with E-state index in [-0.39, 0.29) is 5.91 Å². The first-order valence-electron chi connectivity index (χ1n) is 6.43. The summed E-state index contributed by atoms with van der Waals surface area (Å²) in [5, 5.41) is 4.07. The molecule has 2 fully saturated rings. The van der Waals surface area contributed by atoms with Crippen LogP contribution in [0.5, 0.6) is 0 Å². The van der Waals surface area contributed by atoms with E-state index in [2.05, 4.69) is 5.10 Å². The zero-order chi connectivity index (χ0) is 12.0. The molecule has 2 aliphatic rings. The number of hydrogen-bond donors (Lipinski definition) is 0. The van der Waals surface area contributed by atoms with Gasteiger partial charge in [-0.05, 0) is 43.6 Å². The fraction of sp³-hybridized carbons (Fsp3) is 0.692. The van der Waals surface area contributed by atoms with Gasteiger partial charge in [-0.2, -0.15) is 5.10 Å². The van der Waals surface area contributed by atoms with E-state index in [0.29, 0.717) is 11.7 Å². The fourth-order valence-electron chi connectivity index (χ4n) is 2.79. The van der Waals surface area contributed by atoms with Crippen molar-refractivity contribution in [1.82, 2.24) is 14.7 Å². The third kappa shape index (κ3) is 1.96. The van der Waals surface area contributed by atoms with Crippen molar-refractivity contribution in [2.75, 3.05) is 7.05 Å². The number of carbonyl (C=O) groups excluding carboxylic acids is 1. The van der Waals surface area contributed by atoms with E-state index in [4.69, 9.17) is 0 Å². The number of aromatic nitrogens is 2. The second-order valence-corrected chi connectivity index (χ2v) is 5.42. The van der Waals surface area contributed by atoms with Crippen molar-refractivity contribution in [2.24, 2.45) is 18.9 Å². The SMILES string of the molecule is CN(C(=O)c1ccnn1C)C(C1CC1)C1CC1. The van der Waals surface area contributed by atoms with Crippen LogP contribution in [0.25, 0.3) is 0 Å². The monoisotopic (exact) mass is 233 g/mol. The van der Waals surface area contributed by atoms with E-state index in [1.807, 2.05) is 19.0 Å². The molecule has 2 saturated carbocycles. The van der Waals surface area contributed by atoms with Gasteiger partial charge in [-0.3, -0.25) is 9.48 Å². The molecule has 2 aliphatic carbocycles. The van der Waals surface area contributed by atoms with E-state index in [1.54, 1.807) is 16.9 Å². The van der Waals surface area contributed by atoms with Crippen LogP contribution < -0.4 is 0 Å². The van der Waals surface area contributed by atoms with Crippen LogP contribution in [0.2, 0.25) is 0 Å². The number of rotatable bonds is 4. The molecule has 0 atom stereocenters. The lowest BCUT2D eigenvalue weighted by Crippen LogP contribution is -2.40. The highest BCUT2D eigenvalue weighted by Gasteiger charge is 2.45. The Bertz CT molecular complexity index is 420. The Morgan fingerprint density at radius 3 is 2.41 bits per heavy atom. The molecule has 0 bridgehead atoms. The molecule has 4 heteroatoms. The van der Waals surface area contributed by atoms with Gasteiger partial charge < -0.3 is 4.90 Å². The third-order valence-electron chi connectivity index (χ3n) is 4.02. The maximum atomic E-state index is 12.4. The van der Waals surface area contributed by atoms with E-state index in [0.717, 1.165) is 11.8 Å². The molecule has 0 spiro atoms. The zero-order valence-corrected chi connectivity index (χ0v) is 10.5. The second-order valence-electron chi connectivity index (χ2n) is 5.42. The summed E-state index contributed by atoms with van der Waals surface area (Å²) in [7, 11) is 3.78. The zero-order valence-electron chi connectivity index (χ0n) is 10.5. The van der Waals surface area contributed by atoms with Crippen LogP contribution in [0.3, 0.4) is 0 Å². The highest BCUT2D eigenvalue weighted by molar-refractivity contribution is 5.92. The number of carbonyl (C=O) groups is 1. The van der Waals surface area contributed by atoms with E-state index in [1.165, 1.54) is 25.7 Å². The molecule has 1 aromatic heterocycles. The molecule has 0 aliphatic heterocycles. The molecule has 0 aromatic carbocycles. The van der Waals surface area contributed by atoms with E-state index in [9.17, 15) is 4.79 Å². The Kier molecular flexibility index (Phi) is 2.45. The van der Waals surface area contributed by atoms with Crippen molar-refractivity contribution in [3.63, 3.8) is 0 Å². The topological polar surface area (TPSA) is 38.1 Å². The smallest absolute Gasteiger partial charge is 0.272 e. The minimum Gasteiger partial charge on any atom is -0.337 e. The molecular formula is C13H19N3O. The van der Waals surface area contributed by atoms with Crippen molar-refractivity contribution < 1.29 is 4.79 Å². The van der Waals surface area contributed by atoms with Crippen molar-refractivity contribution in [3.05, 3.63) is 18.0 Å². The van der Waals surface area contributed by atoms with Gasteiger partial charge >= 0.3 is 0 Å². The van der Waals surface area contributed by atoms with E-state index >= 15 is 0 Å². The Hall–Kier alpha value is -1.32. The summed E-state index contributed by atoms with van der Waals surface area (Å²) >= 11 is 0. The Morgan fingerprint density at radius 1 is 1.41 bits per heavy atom. The van der Waals surface area contributed by atoms with Gasteiger partial charge in [0.15, 0.2) is 0 Å². The van der Waals surface area contributed by atoms with Crippen molar-refractivity contribution in [2.45, 2.75) is 31.7 Å². The Balaban J connectivity index is 1.78. The van der Waals surface area contributed by atoms with E-state index < -0.39 is 0 Å². The van der Waals surface area contributed by atoms with Gasteiger partial charge in [0.25, 0.3) is 5.91 Å². The van der Waals surface area contributed by atoms with Crippen LogP contribution in [0.4, 0.5) is 0 Å². The quantitative estimate of drug-likeness (QED) is 0.793. The summed E-state index contributed by atoms with van der Waals surface area (Å²) in [4.78, 5) is 14.4. The maximum Gasteiger partial charge on any atom is 0.272 e. The highest BCUT2D eigenvalue weighted by Crippen LogP contribution is 2.47. The first-order valence-corrected chi connectivity index (χ1v) is 6.43. The molecular weight excluding hydrogens is 214 g/mol. The average Bonchev–Trinajstić information content (AvgIpc) is 3.21. The molecule has 0 radical (unpaired) electrons. The van der Waals surface area contributed by atoms with Gasteiger partial charge in [0.1, 0.15) is 5.69 Å². The number of amides is 1. The highest BCUT2D eigenvalue weighted by atomic mass is 16.2. The van der Waals surface area contributed by atoms with Crippen molar-refractivity contribution >= 4 is 5.91 Å². The summed E-state index contributed by atoms with van der Waals surface area (Å²) in [5.41, 5.74) is 0.693. The molecule has 0 saturated heterocycles. The van der Waals surface area contributed by atoms with Gasteiger partial charge in [0.05, 0.1) is 0 Å². The van der Waals surface area contributed by atoms with Crippen LogP contribution in [0.1, 0.15) is 36.2 Å². The van der Waals surface area contributed by atoms with Crippen molar-refractivity contribution in [3.8, 4) is 0 Å². The van der Waals surface area contributed by atoms with Crippen LogP contribution in [-0.4, -0.2) is 33.7 Å². The van der Waals surface area contributed by atoms with Crippen LogP contribution in [0.15, 0.2) is 12.3 Å². The lowest BCUT2D eigenvalue weighted by atomic mass is 10.1. The largest absolute Gasteiger partial charge is 0.337 e. The first-order chi connectivity index (χ1) is 8.18. The maximum absolute atomic E-state index is 12.4. The second kappa shape index (κ2) is 3.86. The minimum absolute atomic E-state index is 0.119. The molecule has 0 N–H and O–H groups in total. The predicted molar refractivity (Wildman–Crippen MR) is 64.5 cm³/mol. The summed E-state index contributed by atoms with van der Waals surface area (Å²) in [6, 6.07) is 2.27. The van der Waals surface area contributed by atoms with Gasteiger partial charge in [-0.1, -0.05) is 0 Å². The molecule has 92 valence electrons. The predicted octanol–water partition coefficient (Wildman–Crippen LogP) is 1.68. The molecule has 4 nitrogen and oxygen atoms in total. The first kappa shape index (κ1) is 10.8. The minimum atomic E-state index is 0.119. The Labute approximate surface area is 102 Å². The summed E-state index contributed by atoms with van der Waals surface area (Å²) in [6.45, 7) is 0. The molecule has 0 unspecified atom stereocenters. The summed E-state index contributed by atoms with van der Waals surface area (Å²) in [5.74, 6) is 1.63. The average molecular weight is 233 g/mol.